The summed E-state index contributed by atoms with van der Waals surface area (Å²) in [6.07, 6.45) is 4.56. The van der Waals surface area contributed by atoms with Crippen molar-refractivity contribution in [3.63, 3.8) is 0 Å². The maximum absolute atomic E-state index is 12.7. The Morgan fingerprint density at radius 2 is 1.70 bits per heavy atom. The lowest BCUT2D eigenvalue weighted by molar-refractivity contribution is -0.132. The van der Waals surface area contributed by atoms with E-state index in [2.05, 4.69) is 11.0 Å². The van der Waals surface area contributed by atoms with E-state index in [1.807, 2.05) is 25.7 Å². The van der Waals surface area contributed by atoms with Gasteiger partial charge in [-0.25, -0.2) is 9.78 Å². The molecule has 0 spiro atoms. The number of piperazine rings is 1. The van der Waals surface area contributed by atoms with Crippen LogP contribution in [0.4, 0.5) is 10.6 Å². The predicted octanol–water partition coefficient (Wildman–Crippen LogP) is 3.18. The molecule has 2 aliphatic heterocycles. The van der Waals surface area contributed by atoms with Crippen molar-refractivity contribution in [1.29, 1.82) is 5.26 Å². The average Bonchev–Trinajstić information content (AvgIpc) is 3.69. The van der Waals surface area contributed by atoms with Crippen LogP contribution in [0.1, 0.15) is 74.8 Å². The monoisotopic (exact) mass is 451 g/mol. The third-order valence-corrected chi connectivity index (χ3v) is 6.95. The Labute approximate surface area is 195 Å². The summed E-state index contributed by atoms with van der Waals surface area (Å²) in [6.45, 7) is 9.37. The minimum Gasteiger partial charge on any atom is -0.444 e. The molecule has 0 bridgehead atoms. The number of carbonyl (C=O) groups excluding carboxylic acids is 2. The van der Waals surface area contributed by atoms with Crippen molar-refractivity contribution >= 4 is 17.8 Å². The van der Waals surface area contributed by atoms with Crippen molar-refractivity contribution in [2.24, 2.45) is 5.92 Å². The van der Waals surface area contributed by atoms with Gasteiger partial charge in [0.1, 0.15) is 17.5 Å². The number of anilines is 1. The van der Waals surface area contributed by atoms with Crippen LogP contribution in [0, 0.1) is 17.2 Å². The summed E-state index contributed by atoms with van der Waals surface area (Å²) in [4.78, 5) is 36.1. The van der Waals surface area contributed by atoms with Gasteiger partial charge in [-0.15, -0.1) is 0 Å². The molecule has 0 unspecified atom stereocenters. The number of ether oxygens (including phenoxy) is 1. The first-order valence-corrected chi connectivity index (χ1v) is 12.2. The second-order valence-electron chi connectivity index (χ2n) is 10.8. The van der Waals surface area contributed by atoms with Crippen LogP contribution in [0.5, 0.6) is 0 Å². The van der Waals surface area contributed by atoms with Crippen molar-refractivity contribution < 1.29 is 14.3 Å². The molecule has 1 aromatic heterocycles. The van der Waals surface area contributed by atoms with Crippen LogP contribution in [0.2, 0.25) is 0 Å². The van der Waals surface area contributed by atoms with Crippen molar-refractivity contribution in [1.82, 2.24) is 14.8 Å². The maximum atomic E-state index is 12.7. The average molecular weight is 452 g/mol. The summed E-state index contributed by atoms with van der Waals surface area (Å²) in [5.41, 5.74) is 3.22. The number of aromatic nitrogens is 1. The van der Waals surface area contributed by atoms with E-state index in [4.69, 9.17) is 9.72 Å². The molecule has 8 nitrogen and oxygen atoms in total. The third kappa shape index (κ3) is 4.50. The van der Waals surface area contributed by atoms with E-state index in [1.54, 1.807) is 4.90 Å². The quantitative estimate of drug-likeness (QED) is 0.701. The SMILES string of the molecule is CC(C)(C)OC(=O)N1CCc2c(C#N)c(N3CCN(C(=O)C4CC4)CC3)nc(C3CC3)c2C1. The lowest BCUT2D eigenvalue weighted by Gasteiger charge is -2.38. The molecule has 2 amide bonds. The Morgan fingerprint density at radius 1 is 1.00 bits per heavy atom. The minimum absolute atomic E-state index is 0.238. The summed E-state index contributed by atoms with van der Waals surface area (Å²) < 4.78 is 5.60. The molecule has 1 saturated heterocycles. The normalized spacial score (nSPS) is 20.8. The smallest absolute Gasteiger partial charge is 0.410 e. The van der Waals surface area contributed by atoms with E-state index in [9.17, 15) is 14.9 Å². The molecular formula is C25H33N5O3. The highest BCUT2D eigenvalue weighted by molar-refractivity contribution is 5.81. The first kappa shape index (κ1) is 22.0. The molecular weight excluding hydrogens is 418 g/mol. The van der Waals surface area contributed by atoms with E-state index in [0.717, 1.165) is 48.3 Å². The maximum Gasteiger partial charge on any atom is 0.410 e. The van der Waals surface area contributed by atoms with Crippen LogP contribution >= 0.6 is 0 Å². The molecule has 0 radical (unpaired) electrons. The summed E-state index contributed by atoms with van der Waals surface area (Å²) in [7, 11) is 0. The molecule has 3 heterocycles. The topological polar surface area (TPSA) is 89.8 Å². The van der Waals surface area contributed by atoms with Crippen LogP contribution in [-0.2, 0) is 22.5 Å². The van der Waals surface area contributed by atoms with Gasteiger partial charge < -0.3 is 19.4 Å². The fourth-order valence-corrected chi connectivity index (χ4v) is 4.90. The third-order valence-electron chi connectivity index (χ3n) is 6.95. The Hall–Kier alpha value is -2.82. The number of pyridine rings is 1. The molecule has 8 heteroatoms. The summed E-state index contributed by atoms with van der Waals surface area (Å²) in [5, 5.41) is 10.1. The van der Waals surface area contributed by atoms with Gasteiger partial charge in [-0.1, -0.05) is 0 Å². The van der Waals surface area contributed by atoms with Crippen molar-refractivity contribution in [3.05, 3.63) is 22.4 Å². The molecule has 0 N–H and O–H groups in total. The summed E-state index contributed by atoms with van der Waals surface area (Å²) in [6, 6.07) is 2.43. The van der Waals surface area contributed by atoms with E-state index in [-0.39, 0.29) is 17.9 Å². The van der Waals surface area contributed by atoms with Gasteiger partial charge in [0, 0.05) is 44.6 Å². The Morgan fingerprint density at radius 3 is 2.27 bits per heavy atom. The van der Waals surface area contributed by atoms with Crippen LogP contribution in [0.25, 0.3) is 0 Å². The molecule has 5 rings (SSSR count). The summed E-state index contributed by atoms with van der Waals surface area (Å²) >= 11 is 0. The number of carbonyl (C=O) groups is 2. The summed E-state index contributed by atoms with van der Waals surface area (Å²) in [5.74, 6) is 1.70. The Kier molecular flexibility index (Phi) is 5.46. The van der Waals surface area contributed by atoms with Crippen LogP contribution in [0.15, 0.2) is 0 Å². The number of nitrogens with zero attached hydrogens (tertiary/aromatic N) is 5. The first-order chi connectivity index (χ1) is 15.7. The Balaban J connectivity index is 1.40. The van der Waals surface area contributed by atoms with Crippen molar-refractivity contribution in [2.75, 3.05) is 37.6 Å². The molecule has 2 saturated carbocycles. The molecule has 4 aliphatic rings. The largest absolute Gasteiger partial charge is 0.444 e. The van der Waals surface area contributed by atoms with E-state index in [0.29, 0.717) is 57.2 Å². The highest BCUT2D eigenvalue weighted by Crippen LogP contribution is 2.44. The Bertz CT molecular complexity index is 1010. The van der Waals surface area contributed by atoms with Crippen LogP contribution in [0.3, 0.4) is 0 Å². The zero-order valence-corrected chi connectivity index (χ0v) is 19.9. The zero-order valence-electron chi connectivity index (χ0n) is 19.9. The van der Waals surface area contributed by atoms with Crippen LogP contribution < -0.4 is 4.90 Å². The van der Waals surface area contributed by atoms with Crippen molar-refractivity contribution in [3.8, 4) is 6.07 Å². The number of hydrogen-bond donors (Lipinski definition) is 0. The number of rotatable bonds is 3. The first-order valence-electron chi connectivity index (χ1n) is 12.2. The van der Waals surface area contributed by atoms with Gasteiger partial charge >= 0.3 is 6.09 Å². The number of hydrogen-bond acceptors (Lipinski definition) is 6. The van der Waals surface area contributed by atoms with E-state index < -0.39 is 5.60 Å². The molecule has 33 heavy (non-hydrogen) atoms. The molecule has 0 atom stereocenters. The lowest BCUT2D eigenvalue weighted by atomic mass is 9.92. The molecule has 0 aromatic carbocycles. The fourth-order valence-electron chi connectivity index (χ4n) is 4.90. The standard InChI is InChI=1S/C25H33N5O3/c1-25(2,3)33-24(32)30-9-8-18-19(14-26)22(27-21(16-4-5-16)20(18)15-30)28-10-12-29(13-11-28)23(31)17-6-7-17/h16-17H,4-13,15H2,1-3H3. The van der Waals surface area contributed by atoms with Gasteiger partial charge in [0.2, 0.25) is 5.91 Å². The number of fused-ring (bicyclic) bond motifs is 1. The van der Waals surface area contributed by atoms with E-state index in [1.165, 1.54) is 0 Å². The second-order valence-corrected chi connectivity index (χ2v) is 10.8. The van der Waals surface area contributed by atoms with E-state index >= 15 is 0 Å². The lowest BCUT2D eigenvalue weighted by Crippen LogP contribution is -2.50. The van der Waals surface area contributed by atoms with Gasteiger partial charge in [-0.3, -0.25) is 4.79 Å². The molecule has 176 valence electrons. The van der Waals surface area contributed by atoms with Gasteiger partial charge in [-0.05, 0) is 64.0 Å². The minimum atomic E-state index is -0.542. The van der Waals surface area contributed by atoms with Gasteiger partial charge in [0.25, 0.3) is 0 Å². The second kappa shape index (κ2) is 8.19. The highest BCUT2D eigenvalue weighted by atomic mass is 16.6. The zero-order chi connectivity index (χ0) is 23.3. The predicted molar refractivity (Wildman–Crippen MR) is 123 cm³/mol. The number of amides is 2. The van der Waals surface area contributed by atoms with Crippen LogP contribution in [-0.4, -0.2) is 65.1 Å². The fraction of sp³-hybridized carbons (Fsp3) is 0.680. The molecule has 1 aromatic rings. The highest BCUT2D eigenvalue weighted by Gasteiger charge is 2.38. The number of nitriles is 1. The van der Waals surface area contributed by atoms with Crippen molar-refractivity contribution in [2.45, 2.75) is 70.9 Å². The molecule has 3 fully saturated rings. The van der Waals surface area contributed by atoms with Gasteiger partial charge in [-0.2, -0.15) is 5.26 Å². The van der Waals surface area contributed by atoms with Gasteiger partial charge in [0.15, 0.2) is 0 Å². The van der Waals surface area contributed by atoms with Gasteiger partial charge in [0.05, 0.1) is 17.8 Å². The molecule has 2 aliphatic carbocycles.